The Balaban J connectivity index is 1.62. The molecule has 0 amide bonds. The minimum Gasteiger partial charge on any atom is -0.405 e. The largest absolute Gasteiger partial charge is 0.405 e. The van der Waals surface area contributed by atoms with Gasteiger partial charge in [0.05, 0.1) is 17.2 Å². The van der Waals surface area contributed by atoms with Crippen molar-refractivity contribution in [3.05, 3.63) is 158 Å². The molecule has 6 nitrogen and oxygen atoms in total. The lowest BCUT2D eigenvalue weighted by Crippen LogP contribution is -2.45. The first-order valence-corrected chi connectivity index (χ1v) is 13.5. The minimum absolute atomic E-state index is 0.131. The van der Waals surface area contributed by atoms with E-state index in [1.54, 1.807) is 43.3 Å². The molecule has 0 radical (unpaired) electrons. The van der Waals surface area contributed by atoms with E-state index in [4.69, 9.17) is 21.3 Å². The Hall–Kier alpha value is -4.75. The summed E-state index contributed by atoms with van der Waals surface area (Å²) < 4.78 is 21.5. The number of rotatable bonds is 7. The van der Waals surface area contributed by atoms with Crippen LogP contribution in [0, 0.1) is 12.7 Å². The maximum absolute atomic E-state index is 14.2. The highest BCUT2D eigenvalue weighted by atomic mass is 35.5. The number of aromatic nitrogens is 2. The topological polar surface area (TPSA) is 76.4 Å². The Bertz CT molecular complexity index is 1800. The average molecular weight is 566 g/mol. The third-order valence-corrected chi connectivity index (χ3v) is 7.60. The van der Waals surface area contributed by atoms with Crippen LogP contribution >= 0.6 is 11.6 Å². The summed E-state index contributed by atoms with van der Waals surface area (Å²) in [6.07, 6.45) is 0.140. The Labute approximate surface area is 240 Å². The summed E-state index contributed by atoms with van der Waals surface area (Å²) in [5.41, 5.74) is 1.59. The maximum atomic E-state index is 14.2. The van der Waals surface area contributed by atoms with Crippen LogP contribution in [-0.4, -0.2) is 27.2 Å². The summed E-state index contributed by atoms with van der Waals surface area (Å²) in [6, 6.07) is 31.3. The fraction of sp³-hybridized carbons (Fsp3) is 0.121. The van der Waals surface area contributed by atoms with Gasteiger partial charge >= 0.3 is 5.97 Å². The van der Waals surface area contributed by atoms with E-state index in [2.05, 4.69) is 5.10 Å². The second-order valence-corrected chi connectivity index (χ2v) is 10.4. The highest BCUT2D eigenvalue weighted by molar-refractivity contribution is 6.30. The van der Waals surface area contributed by atoms with Gasteiger partial charge in [-0.05, 0) is 66.6 Å². The van der Waals surface area contributed by atoms with Crippen molar-refractivity contribution in [2.45, 2.75) is 24.8 Å². The van der Waals surface area contributed by atoms with Crippen LogP contribution in [-0.2, 0) is 16.0 Å². The number of aliphatic imine (C=N–C) groups is 1. The summed E-state index contributed by atoms with van der Waals surface area (Å²) in [5, 5.41) is 3.70. The predicted octanol–water partition coefficient (Wildman–Crippen LogP) is 6.38. The number of ether oxygens (including phenoxy) is 1. The van der Waals surface area contributed by atoms with Crippen LogP contribution in [0.25, 0.3) is 5.69 Å². The molecule has 2 atom stereocenters. The fourth-order valence-corrected chi connectivity index (χ4v) is 5.57. The summed E-state index contributed by atoms with van der Waals surface area (Å²) in [5.74, 6) is -1.82. The monoisotopic (exact) mass is 565 g/mol. The molecule has 1 aromatic heterocycles. The van der Waals surface area contributed by atoms with E-state index < -0.39 is 23.2 Å². The lowest BCUT2D eigenvalue weighted by molar-refractivity contribution is -0.139. The number of esters is 1. The van der Waals surface area contributed by atoms with Gasteiger partial charge in [-0.25, -0.2) is 18.9 Å². The van der Waals surface area contributed by atoms with E-state index in [1.165, 1.54) is 16.8 Å². The number of nitrogens with one attached hydrogen (secondary N) is 1. The molecule has 6 rings (SSSR count). The van der Waals surface area contributed by atoms with Gasteiger partial charge in [0, 0.05) is 22.7 Å². The van der Waals surface area contributed by atoms with E-state index >= 15 is 0 Å². The molecule has 0 fully saturated rings. The standard InChI is InChI=1S/C33H25ClFN3O3/c1-21-28(31(39)38(37-21)27-10-6-3-7-11-27)29(23-14-18-26(35)19-15-23)33(20-22-8-4-2-5-9-22)32(40)41-30(36-33)24-12-16-25(34)17-13-24/h2-19,29,37H,20H2,1H3/t29-,33+/m0/s1. The molecule has 8 heteroatoms. The first-order valence-electron chi connectivity index (χ1n) is 13.1. The summed E-state index contributed by atoms with van der Waals surface area (Å²) in [4.78, 5) is 33.3. The number of halogens is 2. The minimum atomic E-state index is -1.57. The normalized spacial score (nSPS) is 17.2. The molecule has 1 aliphatic rings. The van der Waals surface area contributed by atoms with Crippen molar-refractivity contribution in [1.82, 2.24) is 9.78 Å². The molecule has 5 aromatic rings. The van der Waals surface area contributed by atoms with Crippen molar-refractivity contribution in [3.8, 4) is 5.69 Å². The predicted molar refractivity (Wildman–Crippen MR) is 156 cm³/mol. The molecule has 0 unspecified atom stereocenters. The van der Waals surface area contributed by atoms with Crippen LogP contribution in [0.15, 0.2) is 119 Å². The first-order chi connectivity index (χ1) is 19.9. The molecule has 0 spiro atoms. The third-order valence-electron chi connectivity index (χ3n) is 7.35. The highest BCUT2D eigenvalue weighted by Crippen LogP contribution is 2.44. The molecule has 2 heterocycles. The average Bonchev–Trinajstić information content (AvgIpc) is 3.47. The smallest absolute Gasteiger partial charge is 0.342 e. The number of cyclic esters (lactones) is 1. The molecular weight excluding hydrogens is 541 g/mol. The van der Waals surface area contributed by atoms with Crippen LogP contribution in [0.2, 0.25) is 5.02 Å². The fourth-order valence-electron chi connectivity index (χ4n) is 5.44. The van der Waals surface area contributed by atoms with Crippen LogP contribution in [0.5, 0.6) is 0 Å². The van der Waals surface area contributed by atoms with Gasteiger partial charge in [-0.2, -0.15) is 0 Å². The third kappa shape index (κ3) is 4.89. The summed E-state index contributed by atoms with van der Waals surface area (Å²) in [6.45, 7) is 1.78. The molecule has 41 heavy (non-hydrogen) atoms. The Kier molecular flexibility index (Phi) is 6.89. The van der Waals surface area contributed by atoms with Gasteiger partial charge in [0.15, 0.2) is 5.54 Å². The van der Waals surface area contributed by atoms with Gasteiger partial charge < -0.3 is 4.74 Å². The molecule has 4 aromatic carbocycles. The highest BCUT2D eigenvalue weighted by Gasteiger charge is 2.55. The number of nitrogens with zero attached hydrogens (tertiary/aromatic N) is 2. The van der Waals surface area contributed by atoms with Gasteiger partial charge in [-0.15, -0.1) is 0 Å². The maximum Gasteiger partial charge on any atom is 0.342 e. The second-order valence-electron chi connectivity index (χ2n) is 10.0. The van der Waals surface area contributed by atoms with Crippen molar-refractivity contribution in [2.24, 2.45) is 4.99 Å². The second kappa shape index (κ2) is 10.7. The van der Waals surface area contributed by atoms with Gasteiger partial charge in [0.2, 0.25) is 5.90 Å². The Morgan fingerprint density at radius 3 is 2.20 bits per heavy atom. The number of carbonyl (C=O) groups excluding carboxylic acids is 1. The lowest BCUT2D eigenvalue weighted by Gasteiger charge is -2.32. The van der Waals surface area contributed by atoms with E-state index in [1.807, 2.05) is 60.7 Å². The van der Waals surface area contributed by atoms with Crippen molar-refractivity contribution >= 4 is 23.5 Å². The van der Waals surface area contributed by atoms with Crippen LogP contribution < -0.4 is 5.56 Å². The van der Waals surface area contributed by atoms with Gasteiger partial charge in [0.1, 0.15) is 5.82 Å². The SMILES string of the molecule is Cc1[nH]n(-c2ccccc2)c(=O)c1[C@H](c1ccc(F)cc1)[C@@]1(Cc2ccccc2)N=C(c2ccc(Cl)cc2)OC1=O. The van der Waals surface area contributed by atoms with E-state index in [-0.39, 0.29) is 17.9 Å². The lowest BCUT2D eigenvalue weighted by atomic mass is 9.72. The van der Waals surface area contributed by atoms with E-state index in [0.717, 1.165) is 5.56 Å². The van der Waals surface area contributed by atoms with E-state index in [0.29, 0.717) is 33.1 Å². The van der Waals surface area contributed by atoms with Crippen molar-refractivity contribution in [3.63, 3.8) is 0 Å². The Morgan fingerprint density at radius 2 is 1.54 bits per heavy atom. The zero-order valence-electron chi connectivity index (χ0n) is 22.1. The number of hydrogen-bond acceptors (Lipinski definition) is 4. The summed E-state index contributed by atoms with van der Waals surface area (Å²) >= 11 is 6.10. The van der Waals surface area contributed by atoms with Crippen LogP contribution in [0.4, 0.5) is 4.39 Å². The molecule has 1 N–H and O–H groups in total. The summed E-state index contributed by atoms with van der Waals surface area (Å²) in [7, 11) is 0. The number of para-hydroxylation sites is 1. The van der Waals surface area contributed by atoms with Gasteiger partial charge in [-0.3, -0.25) is 9.89 Å². The Morgan fingerprint density at radius 1 is 0.902 bits per heavy atom. The molecule has 0 bridgehead atoms. The van der Waals surface area contributed by atoms with Crippen molar-refractivity contribution in [1.29, 1.82) is 0 Å². The molecule has 0 aliphatic carbocycles. The first kappa shape index (κ1) is 26.5. The zero-order chi connectivity index (χ0) is 28.6. The molecular formula is C33H25ClFN3O3. The number of hydrogen-bond donors (Lipinski definition) is 1. The number of benzene rings is 4. The zero-order valence-corrected chi connectivity index (χ0v) is 22.8. The number of carbonyl (C=O) groups is 1. The quantitative estimate of drug-likeness (QED) is 0.233. The van der Waals surface area contributed by atoms with Crippen LogP contribution in [0.1, 0.15) is 33.9 Å². The van der Waals surface area contributed by atoms with Crippen molar-refractivity contribution < 1.29 is 13.9 Å². The molecule has 0 saturated carbocycles. The van der Waals surface area contributed by atoms with E-state index in [9.17, 15) is 14.0 Å². The van der Waals surface area contributed by atoms with Crippen molar-refractivity contribution in [2.75, 3.05) is 0 Å². The van der Waals surface area contributed by atoms with Gasteiger partial charge in [-0.1, -0.05) is 72.3 Å². The number of H-pyrrole nitrogens is 1. The number of aryl methyl sites for hydroxylation is 1. The molecule has 0 saturated heterocycles. The molecule has 204 valence electrons. The van der Waals surface area contributed by atoms with Crippen LogP contribution in [0.3, 0.4) is 0 Å². The molecule has 1 aliphatic heterocycles. The van der Waals surface area contributed by atoms with Gasteiger partial charge in [0.25, 0.3) is 5.56 Å². The number of aromatic amines is 1.